The quantitative estimate of drug-likeness (QED) is 0.533. The number of amides is 1. The van der Waals surface area contributed by atoms with Gasteiger partial charge in [-0.2, -0.15) is 0 Å². The molecule has 0 radical (unpaired) electrons. The van der Waals surface area contributed by atoms with Gasteiger partial charge >= 0.3 is 0 Å². The first-order valence-electron chi connectivity index (χ1n) is 8.45. The zero-order valence-corrected chi connectivity index (χ0v) is 14.8. The molecule has 4 rings (SSSR count). The third-order valence-electron chi connectivity index (χ3n) is 4.21. The molecule has 0 atom stereocenters. The molecular weight excluding hydrogens is 346 g/mol. The molecule has 0 bridgehead atoms. The van der Waals surface area contributed by atoms with Crippen molar-refractivity contribution in [3.63, 3.8) is 0 Å². The SMILES string of the molecule is O=C(NCCCc1nc2ccccc2[nH]1)c1cc2ccccc2c(=O)s1. The molecule has 0 saturated carbocycles. The van der Waals surface area contributed by atoms with Gasteiger partial charge in [0.05, 0.1) is 15.9 Å². The summed E-state index contributed by atoms with van der Waals surface area (Å²) in [5, 5.41) is 4.33. The molecule has 2 N–H and O–H groups in total. The van der Waals surface area contributed by atoms with Crippen LogP contribution in [0.15, 0.2) is 59.4 Å². The monoisotopic (exact) mass is 363 g/mol. The van der Waals surface area contributed by atoms with Gasteiger partial charge < -0.3 is 10.3 Å². The first-order chi connectivity index (χ1) is 12.7. The highest BCUT2D eigenvalue weighted by Crippen LogP contribution is 2.15. The predicted molar refractivity (Wildman–Crippen MR) is 105 cm³/mol. The van der Waals surface area contributed by atoms with Crippen molar-refractivity contribution in [1.82, 2.24) is 15.3 Å². The summed E-state index contributed by atoms with van der Waals surface area (Å²) in [5.41, 5.74) is 1.97. The fraction of sp³-hybridized carbons (Fsp3) is 0.150. The van der Waals surface area contributed by atoms with Crippen LogP contribution in [0.1, 0.15) is 21.9 Å². The van der Waals surface area contributed by atoms with Crippen LogP contribution in [0.25, 0.3) is 21.8 Å². The number of carbonyl (C=O) groups excluding carboxylic acids is 1. The molecule has 0 saturated heterocycles. The number of fused-ring (bicyclic) bond motifs is 2. The molecule has 2 aromatic carbocycles. The topological polar surface area (TPSA) is 74.8 Å². The summed E-state index contributed by atoms with van der Waals surface area (Å²) in [6.07, 6.45) is 1.52. The van der Waals surface area contributed by atoms with Gasteiger partial charge in [-0.05, 0) is 36.1 Å². The fourth-order valence-electron chi connectivity index (χ4n) is 2.92. The van der Waals surface area contributed by atoms with Crippen molar-refractivity contribution >= 4 is 39.0 Å². The Bertz CT molecular complexity index is 1110. The second kappa shape index (κ2) is 7.09. The van der Waals surface area contributed by atoms with E-state index in [1.165, 1.54) is 0 Å². The molecule has 0 unspecified atom stereocenters. The van der Waals surface area contributed by atoms with Crippen molar-refractivity contribution < 1.29 is 4.79 Å². The number of nitrogens with one attached hydrogen (secondary N) is 2. The number of hydrogen-bond acceptors (Lipinski definition) is 4. The number of benzene rings is 2. The Morgan fingerprint density at radius 3 is 2.81 bits per heavy atom. The van der Waals surface area contributed by atoms with Gasteiger partial charge in [0.15, 0.2) is 0 Å². The molecule has 4 aromatic rings. The maximum Gasteiger partial charge on any atom is 0.261 e. The van der Waals surface area contributed by atoms with Gasteiger partial charge in [-0.15, -0.1) is 0 Å². The van der Waals surface area contributed by atoms with Crippen molar-refractivity contribution in [3.8, 4) is 0 Å². The normalized spacial score (nSPS) is 11.1. The molecule has 130 valence electrons. The van der Waals surface area contributed by atoms with Gasteiger partial charge in [0.25, 0.3) is 5.91 Å². The standard InChI is InChI=1S/C20H17N3O2S/c24-19(17-12-13-6-1-2-7-14(13)20(25)26-17)21-11-5-10-18-22-15-8-3-4-9-16(15)23-18/h1-4,6-9,12H,5,10-11H2,(H,21,24)(H,22,23). The van der Waals surface area contributed by atoms with E-state index in [0.29, 0.717) is 16.8 Å². The van der Waals surface area contributed by atoms with Gasteiger partial charge in [-0.1, -0.05) is 41.7 Å². The van der Waals surface area contributed by atoms with Gasteiger partial charge in [-0.25, -0.2) is 4.98 Å². The zero-order valence-electron chi connectivity index (χ0n) is 14.0. The van der Waals surface area contributed by atoms with E-state index in [-0.39, 0.29) is 10.6 Å². The first-order valence-corrected chi connectivity index (χ1v) is 9.27. The minimum absolute atomic E-state index is 0.0875. The summed E-state index contributed by atoms with van der Waals surface area (Å²) in [5.74, 6) is 0.707. The van der Waals surface area contributed by atoms with Crippen LogP contribution in [0.2, 0.25) is 0 Å². The predicted octanol–water partition coefficient (Wildman–Crippen LogP) is 3.50. The minimum Gasteiger partial charge on any atom is -0.351 e. The van der Waals surface area contributed by atoms with E-state index < -0.39 is 0 Å². The molecular formula is C20H17N3O2S. The number of H-pyrrole nitrogens is 1. The lowest BCUT2D eigenvalue weighted by Gasteiger charge is -2.05. The Balaban J connectivity index is 1.37. The highest BCUT2D eigenvalue weighted by Gasteiger charge is 2.10. The summed E-state index contributed by atoms with van der Waals surface area (Å²) < 4.78 is -0.0875. The number of para-hydroxylation sites is 2. The van der Waals surface area contributed by atoms with E-state index in [9.17, 15) is 9.59 Å². The second-order valence-corrected chi connectivity index (χ2v) is 7.06. The Hall–Kier alpha value is -2.99. The smallest absolute Gasteiger partial charge is 0.261 e. The molecule has 5 nitrogen and oxygen atoms in total. The summed E-state index contributed by atoms with van der Waals surface area (Å²) >= 11 is 0.986. The number of aromatic nitrogens is 2. The van der Waals surface area contributed by atoms with Gasteiger partial charge in [0, 0.05) is 18.4 Å². The van der Waals surface area contributed by atoms with Crippen molar-refractivity contribution in [3.05, 3.63) is 74.8 Å². The van der Waals surface area contributed by atoms with E-state index >= 15 is 0 Å². The fourth-order valence-corrected chi connectivity index (χ4v) is 3.76. The summed E-state index contributed by atoms with van der Waals surface area (Å²) in [6.45, 7) is 0.531. The highest BCUT2D eigenvalue weighted by atomic mass is 32.1. The van der Waals surface area contributed by atoms with Crippen LogP contribution in [-0.2, 0) is 6.42 Å². The molecule has 0 aliphatic heterocycles. The molecule has 1 amide bonds. The van der Waals surface area contributed by atoms with Gasteiger partial charge in [0.1, 0.15) is 5.82 Å². The Morgan fingerprint density at radius 2 is 1.92 bits per heavy atom. The molecule has 0 fully saturated rings. The number of aromatic amines is 1. The minimum atomic E-state index is -0.206. The largest absolute Gasteiger partial charge is 0.351 e. The van der Waals surface area contributed by atoms with Crippen LogP contribution in [0, 0.1) is 0 Å². The van der Waals surface area contributed by atoms with Crippen molar-refractivity contribution in [2.24, 2.45) is 0 Å². The zero-order chi connectivity index (χ0) is 17.9. The number of imidazole rings is 1. The summed E-state index contributed by atoms with van der Waals surface area (Å²) in [4.78, 5) is 32.7. The number of nitrogens with zero attached hydrogens (tertiary/aromatic N) is 1. The Morgan fingerprint density at radius 1 is 1.12 bits per heavy atom. The second-order valence-electron chi connectivity index (χ2n) is 6.05. The molecule has 2 aromatic heterocycles. The Kier molecular flexibility index (Phi) is 4.50. The van der Waals surface area contributed by atoms with Gasteiger partial charge in [-0.3, -0.25) is 9.59 Å². The number of carbonyl (C=O) groups is 1. The van der Waals surface area contributed by atoms with Crippen molar-refractivity contribution in [2.75, 3.05) is 6.54 Å². The van der Waals surface area contributed by atoms with Crippen LogP contribution in [0.3, 0.4) is 0 Å². The summed E-state index contributed by atoms with van der Waals surface area (Å²) in [7, 11) is 0. The summed E-state index contributed by atoms with van der Waals surface area (Å²) in [6, 6.07) is 17.0. The van der Waals surface area contributed by atoms with E-state index in [1.807, 2.05) is 42.5 Å². The third-order valence-corrected chi connectivity index (χ3v) is 5.14. The number of hydrogen-bond donors (Lipinski definition) is 2. The van der Waals surface area contributed by atoms with Gasteiger partial charge in [0.2, 0.25) is 4.74 Å². The number of aryl methyl sites for hydroxylation is 1. The lowest BCUT2D eigenvalue weighted by Crippen LogP contribution is -2.25. The van der Waals surface area contributed by atoms with E-state index in [1.54, 1.807) is 12.1 Å². The Labute approximate surface area is 153 Å². The molecule has 0 spiro atoms. The van der Waals surface area contributed by atoms with Crippen molar-refractivity contribution in [1.29, 1.82) is 0 Å². The van der Waals surface area contributed by atoms with Crippen molar-refractivity contribution in [2.45, 2.75) is 12.8 Å². The number of rotatable bonds is 5. The van der Waals surface area contributed by atoms with Crippen LogP contribution >= 0.6 is 11.3 Å². The van der Waals surface area contributed by atoms with Crippen LogP contribution in [-0.4, -0.2) is 22.4 Å². The maximum absolute atomic E-state index is 12.3. The third kappa shape index (κ3) is 3.36. The molecule has 2 heterocycles. The maximum atomic E-state index is 12.3. The highest BCUT2D eigenvalue weighted by molar-refractivity contribution is 7.12. The molecule has 6 heteroatoms. The average Bonchev–Trinajstić information content (AvgIpc) is 3.08. The van der Waals surface area contributed by atoms with Crippen LogP contribution in [0.4, 0.5) is 0 Å². The van der Waals surface area contributed by atoms with E-state index in [2.05, 4.69) is 15.3 Å². The molecule has 0 aliphatic rings. The van der Waals surface area contributed by atoms with E-state index in [0.717, 1.165) is 46.4 Å². The lowest BCUT2D eigenvalue weighted by molar-refractivity contribution is 0.0957. The first kappa shape index (κ1) is 16.5. The average molecular weight is 363 g/mol. The van der Waals surface area contributed by atoms with Crippen LogP contribution in [0.5, 0.6) is 0 Å². The van der Waals surface area contributed by atoms with Crippen LogP contribution < -0.4 is 10.1 Å². The molecule has 26 heavy (non-hydrogen) atoms. The van der Waals surface area contributed by atoms with E-state index in [4.69, 9.17) is 0 Å². The lowest BCUT2D eigenvalue weighted by atomic mass is 10.2. The molecule has 0 aliphatic carbocycles.